The first-order chi connectivity index (χ1) is 7.40. The highest BCUT2D eigenvalue weighted by molar-refractivity contribution is 5.13. The molecule has 1 fully saturated rings. The van der Waals surface area contributed by atoms with Gasteiger partial charge in [0.25, 0.3) is 0 Å². The lowest BCUT2D eigenvalue weighted by molar-refractivity contribution is -0.0624. The lowest BCUT2D eigenvalue weighted by Gasteiger charge is -2.36. The molecule has 1 aromatic carbocycles. The van der Waals surface area contributed by atoms with Crippen LogP contribution in [0.1, 0.15) is 24.8 Å². The van der Waals surface area contributed by atoms with Gasteiger partial charge in [0.1, 0.15) is 0 Å². The molecule has 0 saturated heterocycles. The fourth-order valence-electron chi connectivity index (χ4n) is 2.03. The highest BCUT2D eigenvalue weighted by Crippen LogP contribution is 2.33. The van der Waals surface area contributed by atoms with E-state index in [1.165, 1.54) is 12.0 Å². The molecule has 1 aromatic rings. The first kappa shape index (κ1) is 10.7. The summed E-state index contributed by atoms with van der Waals surface area (Å²) in [5.41, 5.74) is 1.23. The van der Waals surface area contributed by atoms with Crippen molar-refractivity contribution in [1.29, 1.82) is 0 Å². The van der Waals surface area contributed by atoms with Crippen LogP contribution >= 0.6 is 0 Å². The normalized spacial score (nSPS) is 24.9. The van der Waals surface area contributed by atoms with Gasteiger partial charge in [-0.15, -0.1) is 0 Å². The van der Waals surface area contributed by atoms with E-state index in [2.05, 4.69) is 12.1 Å². The Kier molecular flexibility index (Phi) is 3.75. The number of hydrogen-bond acceptors (Lipinski definition) is 2. The molecular formula is C13H18O2. The third kappa shape index (κ3) is 2.80. The lowest BCUT2D eigenvalue weighted by Crippen LogP contribution is -2.34. The molecule has 1 aliphatic rings. The maximum absolute atomic E-state index is 8.85. The van der Waals surface area contributed by atoms with Gasteiger partial charge in [-0.3, -0.25) is 0 Å². The minimum absolute atomic E-state index is 0.288. The van der Waals surface area contributed by atoms with Crippen LogP contribution in [0, 0.1) is 5.92 Å². The Balaban J connectivity index is 1.74. The molecule has 2 heteroatoms. The van der Waals surface area contributed by atoms with Crippen LogP contribution in [0.3, 0.4) is 0 Å². The summed E-state index contributed by atoms with van der Waals surface area (Å²) < 4.78 is 5.82. The minimum atomic E-state index is 0.288. The highest BCUT2D eigenvalue weighted by atomic mass is 16.5. The van der Waals surface area contributed by atoms with Crippen LogP contribution in [0.2, 0.25) is 0 Å². The Hall–Kier alpha value is -0.860. The maximum Gasteiger partial charge on any atom is 0.0720 e. The highest BCUT2D eigenvalue weighted by Gasteiger charge is 2.30. The minimum Gasteiger partial charge on any atom is -0.396 e. The van der Waals surface area contributed by atoms with Crippen molar-refractivity contribution < 1.29 is 9.84 Å². The van der Waals surface area contributed by atoms with Crippen molar-refractivity contribution in [2.45, 2.75) is 32.0 Å². The standard InChI is InChI=1S/C13H18O2/c14-9-8-12-6-7-13(12)15-10-11-4-2-1-3-5-11/h1-5,12-14H,6-10H2. The van der Waals surface area contributed by atoms with E-state index in [0.29, 0.717) is 18.6 Å². The predicted octanol–water partition coefficient (Wildman–Crippen LogP) is 2.36. The zero-order chi connectivity index (χ0) is 10.5. The largest absolute Gasteiger partial charge is 0.396 e. The fourth-order valence-corrected chi connectivity index (χ4v) is 2.03. The topological polar surface area (TPSA) is 29.5 Å². The SMILES string of the molecule is OCCC1CCC1OCc1ccccc1. The molecule has 0 aliphatic heterocycles. The molecule has 15 heavy (non-hydrogen) atoms. The summed E-state index contributed by atoms with van der Waals surface area (Å²) in [5, 5.41) is 8.85. The zero-order valence-corrected chi connectivity index (χ0v) is 8.93. The van der Waals surface area contributed by atoms with Gasteiger partial charge < -0.3 is 9.84 Å². The van der Waals surface area contributed by atoms with Gasteiger partial charge in [0.15, 0.2) is 0 Å². The summed E-state index contributed by atoms with van der Waals surface area (Å²) in [4.78, 5) is 0. The molecule has 0 radical (unpaired) electrons. The molecule has 0 spiro atoms. The van der Waals surface area contributed by atoms with Crippen LogP contribution in [0.4, 0.5) is 0 Å². The van der Waals surface area contributed by atoms with Crippen LogP contribution in [0.15, 0.2) is 30.3 Å². The van der Waals surface area contributed by atoms with Gasteiger partial charge >= 0.3 is 0 Å². The molecule has 2 rings (SSSR count). The van der Waals surface area contributed by atoms with Gasteiger partial charge in [-0.1, -0.05) is 30.3 Å². The second-order valence-electron chi connectivity index (χ2n) is 4.18. The maximum atomic E-state index is 8.85. The second kappa shape index (κ2) is 5.29. The Morgan fingerprint density at radius 1 is 1.20 bits per heavy atom. The fraction of sp³-hybridized carbons (Fsp3) is 0.538. The molecule has 0 aromatic heterocycles. The van der Waals surface area contributed by atoms with Crippen molar-refractivity contribution in [3.05, 3.63) is 35.9 Å². The smallest absolute Gasteiger partial charge is 0.0720 e. The third-order valence-corrected chi connectivity index (χ3v) is 3.15. The molecule has 2 nitrogen and oxygen atoms in total. The quantitative estimate of drug-likeness (QED) is 0.801. The van der Waals surface area contributed by atoms with Crippen molar-refractivity contribution in [2.75, 3.05) is 6.61 Å². The van der Waals surface area contributed by atoms with Gasteiger partial charge in [0, 0.05) is 6.61 Å². The van der Waals surface area contributed by atoms with Crippen LogP contribution in [-0.2, 0) is 11.3 Å². The van der Waals surface area contributed by atoms with E-state index in [9.17, 15) is 0 Å². The Morgan fingerprint density at radius 2 is 2.00 bits per heavy atom. The Morgan fingerprint density at radius 3 is 2.60 bits per heavy atom. The monoisotopic (exact) mass is 206 g/mol. The van der Waals surface area contributed by atoms with Gasteiger partial charge in [0.2, 0.25) is 0 Å². The number of ether oxygens (including phenoxy) is 1. The summed E-state index contributed by atoms with van der Waals surface area (Å²) in [6, 6.07) is 10.2. The molecule has 82 valence electrons. The third-order valence-electron chi connectivity index (χ3n) is 3.15. The molecular weight excluding hydrogens is 188 g/mol. The lowest BCUT2D eigenvalue weighted by atomic mass is 9.80. The summed E-state index contributed by atoms with van der Waals surface area (Å²) in [6.45, 7) is 0.989. The molecule has 2 atom stereocenters. The van der Waals surface area contributed by atoms with Crippen LogP contribution in [-0.4, -0.2) is 17.8 Å². The molecule has 0 heterocycles. The van der Waals surface area contributed by atoms with Gasteiger partial charge in [0.05, 0.1) is 12.7 Å². The molecule has 1 aliphatic carbocycles. The number of hydrogen-bond donors (Lipinski definition) is 1. The summed E-state index contributed by atoms with van der Waals surface area (Å²) >= 11 is 0. The van der Waals surface area contributed by atoms with Crippen LogP contribution in [0.25, 0.3) is 0 Å². The van der Waals surface area contributed by atoms with Gasteiger partial charge in [-0.05, 0) is 30.7 Å². The summed E-state index contributed by atoms with van der Waals surface area (Å²) in [7, 11) is 0. The average Bonchev–Trinajstić information content (AvgIpc) is 2.26. The van der Waals surface area contributed by atoms with E-state index < -0.39 is 0 Å². The molecule has 1 N–H and O–H groups in total. The van der Waals surface area contributed by atoms with Crippen molar-refractivity contribution in [1.82, 2.24) is 0 Å². The molecule has 0 bridgehead atoms. The first-order valence-corrected chi connectivity index (χ1v) is 5.66. The second-order valence-corrected chi connectivity index (χ2v) is 4.18. The van der Waals surface area contributed by atoms with Gasteiger partial charge in [-0.2, -0.15) is 0 Å². The number of benzene rings is 1. The van der Waals surface area contributed by atoms with E-state index in [1.54, 1.807) is 0 Å². The average molecular weight is 206 g/mol. The van der Waals surface area contributed by atoms with E-state index in [0.717, 1.165) is 12.8 Å². The Labute approximate surface area is 90.9 Å². The van der Waals surface area contributed by atoms with Crippen molar-refractivity contribution in [3.8, 4) is 0 Å². The van der Waals surface area contributed by atoms with Crippen molar-refractivity contribution in [2.24, 2.45) is 5.92 Å². The number of rotatable bonds is 5. The summed E-state index contributed by atoms with van der Waals surface area (Å²) in [5.74, 6) is 0.582. The predicted molar refractivity (Wildman–Crippen MR) is 59.4 cm³/mol. The van der Waals surface area contributed by atoms with E-state index >= 15 is 0 Å². The van der Waals surface area contributed by atoms with Crippen molar-refractivity contribution >= 4 is 0 Å². The van der Waals surface area contributed by atoms with E-state index in [4.69, 9.17) is 9.84 Å². The Bertz CT molecular complexity index is 284. The number of aliphatic hydroxyl groups is 1. The number of aliphatic hydroxyl groups excluding tert-OH is 1. The first-order valence-electron chi connectivity index (χ1n) is 5.66. The van der Waals surface area contributed by atoms with E-state index in [-0.39, 0.29) is 6.61 Å². The molecule has 1 saturated carbocycles. The molecule has 0 amide bonds. The zero-order valence-electron chi connectivity index (χ0n) is 8.93. The van der Waals surface area contributed by atoms with Crippen molar-refractivity contribution in [3.63, 3.8) is 0 Å². The van der Waals surface area contributed by atoms with Gasteiger partial charge in [-0.25, -0.2) is 0 Å². The van der Waals surface area contributed by atoms with Crippen LogP contribution < -0.4 is 0 Å². The van der Waals surface area contributed by atoms with Crippen LogP contribution in [0.5, 0.6) is 0 Å². The molecule has 2 unspecified atom stereocenters. The van der Waals surface area contributed by atoms with E-state index in [1.807, 2.05) is 18.2 Å². The summed E-state index contributed by atoms with van der Waals surface area (Å²) in [6.07, 6.45) is 3.62.